The summed E-state index contributed by atoms with van der Waals surface area (Å²) in [5.41, 5.74) is 3.15. The van der Waals surface area contributed by atoms with Gasteiger partial charge in [0.05, 0.1) is 0 Å². The van der Waals surface area contributed by atoms with Crippen molar-refractivity contribution in [1.29, 1.82) is 0 Å². The van der Waals surface area contributed by atoms with Gasteiger partial charge in [0, 0.05) is 29.5 Å². The zero-order valence-electron chi connectivity index (χ0n) is 12.8. The lowest BCUT2D eigenvalue weighted by Gasteiger charge is -2.13. The van der Waals surface area contributed by atoms with Crippen molar-refractivity contribution in [2.24, 2.45) is 0 Å². The van der Waals surface area contributed by atoms with Gasteiger partial charge in [0.1, 0.15) is 11.5 Å². The summed E-state index contributed by atoms with van der Waals surface area (Å²) in [6.07, 6.45) is 0.691. The topological polar surface area (TPSA) is 67.8 Å². The number of hydrogen-bond acceptors (Lipinski definition) is 4. The fourth-order valence-electron chi connectivity index (χ4n) is 2.21. The molecule has 0 radical (unpaired) electrons. The van der Waals surface area contributed by atoms with Gasteiger partial charge in [0.25, 0.3) is 5.91 Å². The first-order chi connectivity index (χ1) is 9.94. The predicted molar refractivity (Wildman–Crippen MR) is 81.1 cm³/mol. The fourth-order valence-corrected chi connectivity index (χ4v) is 2.21. The quantitative estimate of drug-likeness (QED) is 0.934. The number of carbonyl (C=O) groups excluding carboxylic acids is 1. The van der Waals surface area contributed by atoms with Crippen molar-refractivity contribution in [1.82, 2.24) is 20.3 Å². The van der Waals surface area contributed by atoms with Crippen molar-refractivity contribution >= 4 is 5.91 Å². The molecule has 0 fully saturated rings. The van der Waals surface area contributed by atoms with Gasteiger partial charge in [-0.05, 0) is 45.9 Å². The molecule has 2 aromatic heterocycles. The first-order valence-corrected chi connectivity index (χ1v) is 6.99. The predicted octanol–water partition coefficient (Wildman–Crippen LogP) is 2.16. The van der Waals surface area contributed by atoms with E-state index in [4.69, 9.17) is 0 Å². The molecule has 1 N–H and O–H groups in total. The van der Waals surface area contributed by atoms with Gasteiger partial charge < -0.3 is 5.32 Å². The van der Waals surface area contributed by atoms with Gasteiger partial charge in [-0.2, -0.15) is 0 Å². The molecule has 0 aliphatic heterocycles. The van der Waals surface area contributed by atoms with Crippen molar-refractivity contribution in [2.45, 2.75) is 40.2 Å². The zero-order chi connectivity index (χ0) is 15.4. The van der Waals surface area contributed by atoms with E-state index in [1.54, 1.807) is 13.0 Å². The van der Waals surface area contributed by atoms with Crippen LogP contribution in [-0.4, -0.2) is 26.9 Å². The molecule has 5 nitrogen and oxygen atoms in total. The van der Waals surface area contributed by atoms with Crippen molar-refractivity contribution < 1.29 is 4.79 Å². The van der Waals surface area contributed by atoms with Crippen LogP contribution in [0.2, 0.25) is 0 Å². The number of aryl methyl sites for hydroxylation is 3. The minimum Gasteiger partial charge on any atom is -0.348 e. The molecule has 1 atom stereocenters. The van der Waals surface area contributed by atoms with E-state index >= 15 is 0 Å². The van der Waals surface area contributed by atoms with Crippen LogP contribution in [-0.2, 0) is 6.42 Å². The van der Waals surface area contributed by atoms with E-state index in [1.165, 1.54) is 0 Å². The Kier molecular flexibility index (Phi) is 4.62. The first kappa shape index (κ1) is 15.1. The highest BCUT2D eigenvalue weighted by Crippen LogP contribution is 2.04. The number of nitrogens with zero attached hydrogens (tertiary/aromatic N) is 3. The molecule has 0 saturated heterocycles. The highest BCUT2D eigenvalue weighted by Gasteiger charge is 2.13. The average Bonchev–Trinajstić information content (AvgIpc) is 2.37. The molecule has 5 heteroatoms. The van der Waals surface area contributed by atoms with Gasteiger partial charge in [0.2, 0.25) is 0 Å². The fraction of sp³-hybridized carbons (Fsp3) is 0.375. The Labute approximate surface area is 124 Å². The van der Waals surface area contributed by atoms with Gasteiger partial charge in [-0.15, -0.1) is 0 Å². The maximum atomic E-state index is 12.2. The Morgan fingerprint density at radius 1 is 1.14 bits per heavy atom. The minimum atomic E-state index is -0.177. The minimum absolute atomic E-state index is 0.0117. The molecule has 0 aliphatic rings. The smallest absolute Gasteiger partial charge is 0.270 e. The number of amides is 1. The van der Waals surface area contributed by atoms with Gasteiger partial charge in [0.15, 0.2) is 0 Å². The third-order valence-electron chi connectivity index (χ3n) is 3.04. The number of carbonyl (C=O) groups is 1. The summed E-state index contributed by atoms with van der Waals surface area (Å²) in [5.74, 6) is 0.428. The Morgan fingerprint density at radius 2 is 1.90 bits per heavy atom. The Balaban J connectivity index is 2.02. The van der Waals surface area contributed by atoms with Crippen molar-refractivity contribution in [2.75, 3.05) is 0 Å². The number of hydrogen-bond donors (Lipinski definition) is 1. The molecule has 1 amide bonds. The van der Waals surface area contributed by atoms with Crippen LogP contribution in [0.15, 0.2) is 24.3 Å². The van der Waals surface area contributed by atoms with E-state index in [2.05, 4.69) is 20.3 Å². The highest BCUT2D eigenvalue weighted by molar-refractivity contribution is 5.92. The molecule has 2 aromatic rings. The van der Waals surface area contributed by atoms with Gasteiger partial charge in [-0.1, -0.05) is 6.07 Å². The number of pyridine rings is 1. The lowest BCUT2D eigenvalue weighted by Crippen LogP contribution is -2.35. The molecule has 0 aromatic carbocycles. The summed E-state index contributed by atoms with van der Waals surface area (Å²) in [5, 5.41) is 2.95. The van der Waals surface area contributed by atoms with E-state index in [0.717, 1.165) is 17.1 Å². The standard InChI is InChI=1S/C16H20N4O/c1-10-6-5-7-14(18-10)8-11(2)19-16(21)15-9-12(3)17-13(4)20-15/h5-7,9,11H,8H2,1-4H3,(H,19,21). The van der Waals surface area contributed by atoms with Crippen LogP contribution in [0, 0.1) is 20.8 Å². The number of aromatic nitrogens is 3. The average molecular weight is 284 g/mol. The largest absolute Gasteiger partial charge is 0.348 e. The maximum Gasteiger partial charge on any atom is 0.270 e. The second kappa shape index (κ2) is 6.43. The molecule has 2 rings (SSSR count). The van der Waals surface area contributed by atoms with Crippen LogP contribution in [0.1, 0.15) is 40.3 Å². The van der Waals surface area contributed by atoms with Crippen LogP contribution in [0.5, 0.6) is 0 Å². The number of nitrogens with one attached hydrogen (secondary N) is 1. The van der Waals surface area contributed by atoms with E-state index in [-0.39, 0.29) is 11.9 Å². The molecule has 2 heterocycles. The van der Waals surface area contributed by atoms with Crippen molar-refractivity contribution in [3.05, 3.63) is 52.9 Å². The lowest BCUT2D eigenvalue weighted by molar-refractivity contribution is 0.0934. The van der Waals surface area contributed by atoms with E-state index in [9.17, 15) is 4.79 Å². The molecule has 1 unspecified atom stereocenters. The second-order valence-corrected chi connectivity index (χ2v) is 5.29. The monoisotopic (exact) mass is 284 g/mol. The van der Waals surface area contributed by atoms with E-state index in [0.29, 0.717) is 17.9 Å². The second-order valence-electron chi connectivity index (χ2n) is 5.29. The van der Waals surface area contributed by atoms with Crippen LogP contribution >= 0.6 is 0 Å². The normalized spacial score (nSPS) is 12.0. The molecule has 0 bridgehead atoms. The highest BCUT2D eigenvalue weighted by atomic mass is 16.1. The third-order valence-corrected chi connectivity index (χ3v) is 3.04. The molecule has 0 saturated carbocycles. The summed E-state index contributed by atoms with van der Waals surface area (Å²) < 4.78 is 0. The molecule has 21 heavy (non-hydrogen) atoms. The number of rotatable bonds is 4. The van der Waals surface area contributed by atoms with Gasteiger partial charge in [-0.3, -0.25) is 9.78 Å². The molecular formula is C16H20N4O. The summed E-state index contributed by atoms with van der Waals surface area (Å²) in [4.78, 5) is 25.0. The summed E-state index contributed by atoms with van der Waals surface area (Å²) in [7, 11) is 0. The van der Waals surface area contributed by atoms with Crippen LogP contribution in [0.3, 0.4) is 0 Å². The molecule has 0 aliphatic carbocycles. The van der Waals surface area contributed by atoms with Crippen LogP contribution < -0.4 is 5.32 Å². The van der Waals surface area contributed by atoms with Gasteiger partial charge in [-0.25, -0.2) is 9.97 Å². The Hall–Kier alpha value is -2.30. The first-order valence-electron chi connectivity index (χ1n) is 6.99. The molecular weight excluding hydrogens is 264 g/mol. The summed E-state index contributed by atoms with van der Waals surface area (Å²) in [6.45, 7) is 7.55. The SMILES string of the molecule is Cc1cccc(CC(C)NC(=O)c2cc(C)nc(C)n2)n1. The zero-order valence-corrected chi connectivity index (χ0v) is 12.8. The van der Waals surface area contributed by atoms with Crippen molar-refractivity contribution in [3.63, 3.8) is 0 Å². The third kappa shape index (κ3) is 4.34. The summed E-state index contributed by atoms with van der Waals surface area (Å²) in [6, 6.07) is 7.58. The maximum absolute atomic E-state index is 12.2. The summed E-state index contributed by atoms with van der Waals surface area (Å²) >= 11 is 0. The lowest BCUT2D eigenvalue weighted by atomic mass is 10.1. The van der Waals surface area contributed by atoms with E-state index < -0.39 is 0 Å². The van der Waals surface area contributed by atoms with Crippen LogP contribution in [0.25, 0.3) is 0 Å². The Bertz CT molecular complexity index is 634. The molecule has 110 valence electrons. The Morgan fingerprint density at radius 3 is 2.57 bits per heavy atom. The van der Waals surface area contributed by atoms with Crippen LogP contribution in [0.4, 0.5) is 0 Å². The molecule has 0 spiro atoms. The van der Waals surface area contributed by atoms with Crippen molar-refractivity contribution in [3.8, 4) is 0 Å². The van der Waals surface area contributed by atoms with Gasteiger partial charge >= 0.3 is 0 Å². The van der Waals surface area contributed by atoms with E-state index in [1.807, 2.05) is 39.0 Å².